The highest BCUT2D eigenvalue weighted by Crippen LogP contribution is 2.29. The van der Waals surface area contributed by atoms with Crippen LogP contribution in [0.1, 0.15) is 38.3 Å². The molecule has 0 saturated heterocycles. The largest absolute Gasteiger partial charge is 0.378 e. The number of nitrogens with zero attached hydrogens (tertiary/aromatic N) is 4. The van der Waals surface area contributed by atoms with Gasteiger partial charge in [-0.05, 0) is 73.0 Å². The highest BCUT2D eigenvalue weighted by molar-refractivity contribution is 5.87. The van der Waals surface area contributed by atoms with E-state index in [0.29, 0.717) is 34.6 Å². The van der Waals surface area contributed by atoms with E-state index >= 15 is 0 Å². The number of hydrogen-bond donors (Lipinski definition) is 2. The van der Waals surface area contributed by atoms with Crippen LogP contribution >= 0.6 is 0 Å². The number of nitriles is 2. The summed E-state index contributed by atoms with van der Waals surface area (Å²) in [5.74, 6) is 0.624. The van der Waals surface area contributed by atoms with E-state index in [-0.39, 0.29) is 12.6 Å². The predicted molar refractivity (Wildman–Crippen MR) is 126 cm³/mol. The van der Waals surface area contributed by atoms with Crippen molar-refractivity contribution in [2.24, 2.45) is 0 Å². The monoisotopic (exact) mass is 438 g/mol. The molecule has 1 heterocycles. The molecule has 0 amide bonds. The minimum atomic E-state index is 0.128. The molecule has 0 spiro atoms. The highest BCUT2D eigenvalue weighted by atomic mass is 16.5. The molecule has 0 unspecified atom stereocenters. The first-order valence-corrected chi connectivity index (χ1v) is 10.1. The van der Waals surface area contributed by atoms with E-state index in [1.807, 2.05) is 32.0 Å². The molecule has 0 atom stereocenters. The zero-order valence-electron chi connectivity index (χ0n) is 18.5. The summed E-state index contributed by atoms with van der Waals surface area (Å²) in [6, 6.07) is 14.8. The number of carbonyl (C=O) groups is 1. The van der Waals surface area contributed by atoms with Crippen molar-refractivity contribution in [3.05, 3.63) is 76.0 Å². The van der Waals surface area contributed by atoms with Crippen molar-refractivity contribution in [2.45, 2.75) is 20.5 Å². The Morgan fingerprint density at radius 2 is 1.76 bits per heavy atom. The molecule has 3 aromatic rings. The van der Waals surface area contributed by atoms with Gasteiger partial charge in [-0.25, -0.2) is 4.98 Å². The SMILES string of the molecule is COCc1nc(Nc2ccc(C#N)cc2)nc(Nc2c(C)cc(C=CC#N)cc2C)c1C=O. The average molecular weight is 438 g/mol. The first-order valence-electron chi connectivity index (χ1n) is 10.1. The molecular formula is C25H22N6O2. The Morgan fingerprint density at radius 1 is 1.06 bits per heavy atom. The van der Waals surface area contributed by atoms with Crippen molar-refractivity contribution in [2.75, 3.05) is 17.7 Å². The molecular weight excluding hydrogens is 416 g/mol. The fourth-order valence-corrected chi connectivity index (χ4v) is 3.34. The first kappa shape index (κ1) is 23.1. The lowest BCUT2D eigenvalue weighted by molar-refractivity contribution is 0.111. The summed E-state index contributed by atoms with van der Waals surface area (Å²) >= 11 is 0. The number of methoxy groups -OCH3 is 1. The van der Waals surface area contributed by atoms with E-state index < -0.39 is 0 Å². The molecule has 0 saturated carbocycles. The fourth-order valence-electron chi connectivity index (χ4n) is 3.34. The number of aromatic nitrogens is 2. The van der Waals surface area contributed by atoms with E-state index in [0.717, 1.165) is 22.4 Å². The van der Waals surface area contributed by atoms with Gasteiger partial charge in [0, 0.05) is 24.6 Å². The molecule has 3 rings (SSSR count). The van der Waals surface area contributed by atoms with Crippen LogP contribution in [0.25, 0.3) is 6.08 Å². The van der Waals surface area contributed by atoms with Gasteiger partial charge in [0.2, 0.25) is 5.95 Å². The molecule has 0 radical (unpaired) electrons. The van der Waals surface area contributed by atoms with Crippen molar-refractivity contribution in [1.82, 2.24) is 9.97 Å². The van der Waals surface area contributed by atoms with E-state index in [1.54, 1.807) is 30.3 Å². The lowest BCUT2D eigenvalue weighted by Crippen LogP contribution is -2.11. The van der Waals surface area contributed by atoms with Gasteiger partial charge in [0.05, 0.1) is 35.6 Å². The van der Waals surface area contributed by atoms with Crippen molar-refractivity contribution < 1.29 is 9.53 Å². The minimum Gasteiger partial charge on any atom is -0.378 e. The van der Waals surface area contributed by atoms with Crippen molar-refractivity contribution in [1.29, 1.82) is 10.5 Å². The summed E-state index contributed by atoms with van der Waals surface area (Å²) in [7, 11) is 1.53. The van der Waals surface area contributed by atoms with Crippen molar-refractivity contribution >= 4 is 35.5 Å². The summed E-state index contributed by atoms with van der Waals surface area (Å²) in [5.41, 5.74) is 5.54. The first-order chi connectivity index (χ1) is 16.0. The molecule has 2 N–H and O–H groups in total. The van der Waals surface area contributed by atoms with Gasteiger partial charge in [0.1, 0.15) is 5.82 Å². The zero-order chi connectivity index (χ0) is 23.8. The van der Waals surface area contributed by atoms with Gasteiger partial charge in [-0.1, -0.05) is 0 Å². The number of ether oxygens (including phenoxy) is 1. The van der Waals surface area contributed by atoms with Crippen LogP contribution in [0.4, 0.5) is 23.1 Å². The summed E-state index contributed by atoms with van der Waals surface area (Å²) in [6.07, 6.45) is 3.87. The van der Waals surface area contributed by atoms with Crippen LogP contribution in [0.5, 0.6) is 0 Å². The molecule has 0 fully saturated rings. The summed E-state index contributed by atoms with van der Waals surface area (Å²) in [4.78, 5) is 20.9. The Hall–Kier alpha value is -4.53. The van der Waals surface area contributed by atoms with Crippen LogP contribution in [0.2, 0.25) is 0 Å². The van der Waals surface area contributed by atoms with Gasteiger partial charge in [0.15, 0.2) is 6.29 Å². The number of hydrogen-bond acceptors (Lipinski definition) is 8. The maximum atomic E-state index is 11.9. The maximum absolute atomic E-state index is 11.9. The number of rotatable bonds is 8. The maximum Gasteiger partial charge on any atom is 0.229 e. The van der Waals surface area contributed by atoms with Crippen LogP contribution in [0, 0.1) is 36.5 Å². The Kier molecular flexibility index (Phi) is 7.48. The van der Waals surface area contributed by atoms with Gasteiger partial charge in [0.25, 0.3) is 0 Å². The van der Waals surface area contributed by atoms with Gasteiger partial charge >= 0.3 is 0 Å². The molecule has 8 nitrogen and oxygen atoms in total. The number of benzene rings is 2. The van der Waals surface area contributed by atoms with Gasteiger partial charge in [-0.15, -0.1) is 0 Å². The Balaban J connectivity index is 2.03. The lowest BCUT2D eigenvalue weighted by atomic mass is 10.0. The van der Waals surface area contributed by atoms with Crippen LogP contribution < -0.4 is 10.6 Å². The van der Waals surface area contributed by atoms with Gasteiger partial charge < -0.3 is 15.4 Å². The standard InChI is InChI=1S/C25H22N6O2/c1-16-11-19(5-4-10-26)12-17(2)23(16)30-24-21(14-32)22(15-33-3)29-25(31-24)28-20-8-6-18(13-27)7-9-20/h4-9,11-12,14H,15H2,1-3H3,(H2,28,29,30,31). The summed E-state index contributed by atoms with van der Waals surface area (Å²) < 4.78 is 5.24. The third-order valence-electron chi connectivity index (χ3n) is 4.84. The van der Waals surface area contributed by atoms with Crippen molar-refractivity contribution in [3.63, 3.8) is 0 Å². The van der Waals surface area contributed by atoms with E-state index in [9.17, 15) is 4.79 Å². The second kappa shape index (κ2) is 10.7. The third kappa shape index (κ3) is 5.59. The van der Waals surface area contributed by atoms with Crippen LogP contribution in [0.3, 0.4) is 0 Å². The number of anilines is 4. The molecule has 0 bridgehead atoms. The van der Waals surface area contributed by atoms with Crippen LogP contribution in [-0.2, 0) is 11.3 Å². The average Bonchev–Trinajstić information content (AvgIpc) is 2.80. The normalized spacial score (nSPS) is 10.5. The van der Waals surface area contributed by atoms with Crippen LogP contribution in [-0.4, -0.2) is 23.4 Å². The second-order valence-electron chi connectivity index (χ2n) is 7.24. The smallest absolute Gasteiger partial charge is 0.229 e. The van der Waals surface area contributed by atoms with E-state index in [2.05, 4.69) is 26.7 Å². The number of aldehydes is 1. The number of nitrogens with one attached hydrogen (secondary N) is 2. The Bertz CT molecular complexity index is 1260. The summed E-state index contributed by atoms with van der Waals surface area (Å²) in [6.45, 7) is 4.00. The Labute approximate surface area is 192 Å². The number of aryl methyl sites for hydroxylation is 2. The lowest BCUT2D eigenvalue weighted by Gasteiger charge is -2.17. The van der Waals surface area contributed by atoms with Gasteiger partial charge in [-0.2, -0.15) is 15.5 Å². The molecule has 0 aliphatic carbocycles. The van der Waals surface area contributed by atoms with Crippen LogP contribution in [0.15, 0.2) is 42.5 Å². The molecule has 164 valence electrons. The predicted octanol–water partition coefficient (Wildman–Crippen LogP) is 4.95. The third-order valence-corrected chi connectivity index (χ3v) is 4.84. The van der Waals surface area contributed by atoms with Crippen molar-refractivity contribution in [3.8, 4) is 12.1 Å². The van der Waals surface area contributed by atoms with E-state index in [1.165, 1.54) is 13.2 Å². The highest BCUT2D eigenvalue weighted by Gasteiger charge is 2.16. The topological polar surface area (TPSA) is 124 Å². The summed E-state index contributed by atoms with van der Waals surface area (Å²) in [5, 5.41) is 24.1. The molecule has 0 aliphatic rings. The quantitative estimate of drug-likeness (QED) is 0.374. The van der Waals surface area contributed by atoms with Gasteiger partial charge in [-0.3, -0.25) is 4.79 Å². The second-order valence-corrected chi connectivity index (χ2v) is 7.24. The zero-order valence-corrected chi connectivity index (χ0v) is 18.5. The number of allylic oxidation sites excluding steroid dienone is 1. The molecule has 1 aromatic heterocycles. The molecule has 0 aliphatic heterocycles. The molecule has 8 heteroatoms. The molecule has 33 heavy (non-hydrogen) atoms. The molecule has 2 aromatic carbocycles. The van der Waals surface area contributed by atoms with E-state index in [4.69, 9.17) is 15.3 Å². The minimum absolute atomic E-state index is 0.128. The Morgan fingerprint density at radius 3 is 2.33 bits per heavy atom. The number of carbonyl (C=O) groups excluding carboxylic acids is 1. The fraction of sp³-hybridized carbons (Fsp3) is 0.160.